The van der Waals surface area contributed by atoms with E-state index in [2.05, 4.69) is 9.97 Å². The summed E-state index contributed by atoms with van der Waals surface area (Å²) >= 11 is 0. The standard InChI is InChI=1S/C15H14N2O2/c1-9-12(10(2)18)7-16-15(17-9)13-8-19-14-6-4-3-5-11(13)14/h3-8,10,18H,1-2H3. The fourth-order valence-electron chi connectivity index (χ4n) is 2.17. The summed E-state index contributed by atoms with van der Waals surface area (Å²) in [4.78, 5) is 8.78. The zero-order valence-corrected chi connectivity index (χ0v) is 10.8. The number of benzene rings is 1. The average Bonchev–Trinajstić information content (AvgIpc) is 2.82. The Bertz CT molecular complexity index is 732. The van der Waals surface area contributed by atoms with Crippen molar-refractivity contribution in [2.75, 3.05) is 0 Å². The van der Waals surface area contributed by atoms with Crippen molar-refractivity contribution in [3.63, 3.8) is 0 Å². The number of rotatable bonds is 2. The van der Waals surface area contributed by atoms with Gasteiger partial charge in [0, 0.05) is 22.8 Å². The van der Waals surface area contributed by atoms with E-state index in [1.807, 2.05) is 31.2 Å². The predicted molar refractivity (Wildman–Crippen MR) is 72.6 cm³/mol. The number of hydrogen-bond acceptors (Lipinski definition) is 4. The number of para-hydroxylation sites is 1. The summed E-state index contributed by atoms with van der Waals surface area (Å²) in [7, 11) is 0. The Labute approximate surface area is 110 Å². The average molecular weight is 254 g/mol. The molecule has 19 heavy (non-hydrogen) atoms. The summed E-state index contributed by atoms with van der Waals surface area (Å²) in [6.45, 7) is 3.58. The molecule has 0 radical (unpaired) electrons. The fourth-order valence-corrected chi connectivity index (χ4v) is 2.17. The van der Waals surface area contributed by atoms with E-state index < -0.39 is 6.10 Å². The molecule has 0 saturated heterocycles. The molecule has 3 aromatic rings. The van der Waals surface area contributed by atoms with Crippen LogP contribution >= 0.6 is 0 Å². The van der Waals surface area contributed by atoms with Crippen LogP contribution in [-0.2, 0) is 0 Å². The minimum Gasteiger partial charge on any atom is -0.464 e. The van der Waals surface area contributed by atoms with Gasteiger partial charge in [-0.25, -0.2) is 9.97 Å². The molecule has 1 unspecified atom stereocenters. The SMILES string of the molecule is Cc1nc(-c2coc3ccccc23)ncc1C(C)O. The first-order valence-corrected chi connectivity index (χ1v) is 6.15. The normalized spacial score (nSPS) is 12.8. The van der Waals surface area contributed by atoms with Crippen molar-refractivity contribution in [1.82, 2.24) is 9.97 Å². The molecule has 0 amide bonds. The van der Waals surface area contributed by atoms with Crippen LogP contribution in [0, 0.1) is 6.92 Å². The van der Waals surface area contributed by atoms with Crippen LogP contribution in [0.15, 0.2) is 41.1 Å². The van der Waals surface area contributed by atoms with Gasteiger partial charge >= 0.3 is 0 Å². The molecule has 0 aliphatic rings. The summed E-state index contributed by atoms with van der Waals surface area (Å²) < 4.78 is 5.49. The van der Waals surface area contributed by atoms with Crippen molar-refractivity contribution in [2.24, 2.45) is 0 Å². The van der Waals surface area contributed by atoms with Crippen molar-refractivity contribution in [3.05, 3.63) is 48.0 Å². The molecule has 0 aliphatic heterocycles. The highest BCUT2D eigenvalue weighted by Gasteiger charge is 2.13. The van der Waals surface area contributed by atoms with E-state index >= 15 is 0 Å². The topological polar surface area (TPSA) is 59.2 Å². The van der Waals surface area contributed by atoms with E-state index in [-0.39, 0.29) is 0 Å². The smallest absolute Gasteiger partial charge is 0.163 e. The number of aromatic nitrogens is 2. The quantitative estimate of drug-likeness (QED) is 0.762. The van der Waals surface area contributed by atoms with E-state index in [1.165, 1.54) is 0 Å². The van der Waals surface area contributed by atoms with Gasteiger partial charge in [-0.3, -0.25) is 0 Å². The van der Waals surface area contributed by atoms with E-state index in [1.54, 1.807) is 19.4 Å². The Hall–Kier alpha value is -2.20. The van der Waals surface area contributed by atoms with Crippen LogP contribution in [0.4, 0.5) is 0 Å². The first-order valence-electron chi connectivity index (χ1n) is 6.15. The van der Waals surface area contributed by atoms with Crippen molar-refractivity contribution < 1.29 is 9.52 Å². The van der Waals surface area contributed by atoms with Gasteiger partial charge in [0.25, 0.3) is 0 Å². The third-order valence-corrected chi connectivity index (χ3v) is 3.19. The van der Waals surface area contributed by atoms with Gasteiger partial charge in [0.05, 0.1) is 11.7 Å². The molecule has 0 saturated carbocycles. The second-order valence-corrected chi connectivity index (χ2v) is 4.56. The molecule has 3 rings (SSSR count). The molecular weight excluding hydrogens is 240 g/mol. The molecule has 96 valence electrons. The summed E-state index contributed by atoms with van der Waals surface area (Å²) in [6, 6.07) is 7.78. The maximum Gasteiger partial charge on any atom is 0.163 e. The lowest BCUT2D eigenvalue weighted by Crippen LogP contribution is -2.00. The number of aliphatic hydroxyl groups is 1. The molecule has 2 heterocycles. The van der Waals surface area contributed by atoms with Crippen LogP contribution in [0.25, 0.3) is 22.4 Å². The van der Waals surface area contributed by atoms with Crippen molar-refractivity contribution in [3.8, 4) is 11.4 Å². The van der Waals surface area contributed by atoms with E-state index in [0.717, 1.165) is 27.8 Å². The molecule has 0 spiro atoms. The number of furan rings is 1. The molecule has 4 heteroatoms. The maximum absolute atomic E-state index is 9.60. The maximum atomic E-state index is 9.60. The highest BCUT2D eigenvalue weighted by atomic mass is 16.3. The zero-order valence-electron chi connectivity index (χ0n) is 10.8. The predicted octanol–water partition coefficient (Wildman–Crippen LogP) is 3.25. The van der Waals surface area contributed by atoms with Gasteiger partial charge < -0.3 is 9.52 Å². The molecule has 0 aliphatic carbocycles. The Kier molecular flexibility index (Phi) is 2.80. The summed E-state index contributed by atoms with van der Waals surface area (Å²) in [5, 5.41) is 10.6. The van der Waals surface area contributed by atoms with E-state index in [9.17, 15) is 5.11 Å². The Morgan fingerprint density at radius 1 is 1.26 bits per heavy atom. The van der Waals surface area contributed by atoms with Crippen molar-refractivity contribution in [1.29, 1.82) is 0 Å². The van der Waals surface area contributed by atoms with E-state index in [4.69, 9.17) is 4.42 Å². The monoisotopic (exact) mass is 254 g/mol. The van der Waals surface area contributed by atoms with Crippen LogP contribution < -0.4 is 0 Å². The third-order valence-electron chi connectivity index (χ3n) is 3.19. The van der Waals surface area contributed by atoms with Gasteiger partial charge in [-0.2, -0.15) is 0 Å². The Balaban J connectivity index is 2.14. The highest BCUT2D eigenvalue weighted by molar-refractivity contribution is 5.91. The third kappa shape index (κ3) is 2.00. The number of aryl methyl sites for hydroxylation is 1. The molecule has 0 fully saturated rings. The molecule has 0 bridgehead atoms. The van der Waals surface area contributed by atoms with Crippen LogP contribution in [0.1, 0.15) is 24.3 Å². The van der Waals surface area contributed by atoms with Gasteiger partial charge in [0.1, 0.15) is 11.8 Å². The minimum atomic E-state index is -0.560. The van der Waals surface area contributed by atoms with Gasteiger partial charge in [-0.15, -0.1) is 0 Å². The molecule has 1 aromatic carbocycles. The molecule has 2 aromatic heterocycles. The second kappa shape index (κ2) is 4.48. The summed E-state index contributed by atoms with van der Waals surface area (Å²) in [5.74, 6) is 0.617. The summed E-state index contributed by atoms with van der Waals surface area (Å²) in [6.07, 6.45) is 2.78. The summed E-state index contributed by atoms with van der Waals surface area (Å²) in [5.41, 5.74) is 3.22. The van der Waals surface area contributed by atoms with Crippen LogP contribution in [0.5, 0.6) is 0 Å². The van der Waals surface area contributed by atoms with Crippen LogP contribution in [0.2, 0.25) is 0 Å². The van der Waals surface area contributed by atoms with Crippen LogP contribution in [0.3, 0.4) is 0 Å². The largest absolute Gasteiger partial charge is 0.464 e. The lowest BCUT2D eigenvalue weighted by molar-refractivity contribution is 0.197. The molecule has 4 nitrogen and oxygen atoms in total. The fraction of sp³-hybridized carbons (Fsp3) is 0.200. The first-order chi connectivity index (χ1) is 9.16. The first kappa shape index (κ1) is 11.9. The molecule has 1 atom stereocenters. The molecule has 1 N–H and O–H groups in total. The lowest BCUT2D eigenvalue weighted by Gasteiger charge is -2.08. The van der Waals surface area contributed by atoms with E-state index in [0.29, 0.717) is 5.82 Å². The van der Waals surface area contributed by atoms with Crippen molar-refractivity contribution in [2.45, 2.75) is 20.0 Å². The highest BCUT2D eigenvalue weighted by Crippen LogP contribution is 2.28. The second-order valence-electron chi connectivity index (χ2n) is 4.56. The zero-order chi connectivity index (χ0) is 13.4. The number of aliphatic hydroxyl groups excluding tert-OH is 1. The van der Waals surface area contributed by atoms with Gasteiger partial charge in [0.2, 0.25) is 0 Å². The van der Waals surface area contributed by atoms with Gasteiger partial charge in [-0.05, 0) is 19.9 Å². The number of fused-ring (bicyclic) bond motifs is 1. The van der Waals surface area contributed by atoms with Gasteiger partial charge in [0.15, 0.2) is 5.82 Å². The van der Waals surface area contributed by atoms with Gasteiger partial charge in [-0.1, -0.05) is 18.2 Å². The number of nitrogens with zero attached hydrogens (tertiary/aromatic N) is 2. The van der Waals surface area contributed by atoms with Crippen molar-refractivity contribution >= 4 is 11.0 Å². The number of hydrogen-bond donors (Lipinski definition) is 1. The molecular formula is C15H14N2O2. The minimum absolute atomic E-state index is 0.560. The van der Waals surface area contributed by atoms with Crippen LogP contribution in [-0.4, -0.2) is 15.1 Å². The lowest BCUT2D eigenvalue weighted by atomic mass is 10.1. The Morgan fingerprint density at radius 2 is 2.05 bits per heavy atom. The Morgan fingerprint density at radius 3 is 2.79 bits per heavy atom.